The molecule has 1 heterocycles. The van der Waals surface area contributed by atoms with Gasteiger partial charge in [0.15, 0.2) is 12.0 Å². The summed E-state index contributed by atoms with van der Waals surface area (Å²) in [6, 6.07) is 19.4. The molecule has 3 aromatic carbocycles. The van der Waals surface area contributed by atoms with E-state index in [1.165, 1.54) is 6.26 Å². The molecule has 0 unspecified atom stereocenters. The van der Waals surface area contributed by atoms with Gasteiger partial charge < -0.3 is 14.5 Å². The third kappa shape index (κ3) is 4.21. The molecule has 1 aromatic heterocycles. The van der Waals surface area contributed by atoms with E-state index in [0.717, 1.165) is 16.8 Å². The van der Waals surface area contributed by atoms with Crippen LogP contribution in [0.5, 0.6) is 5.75 Å². The molecule has 0 spiro atoms. The van der Waals surface area contributed by atoms with E-state index in [0.29, 0.717) is 27.3 Å². The van der Waals surface area contributed by atoms with Crippen molar-refractivity contribution in [3.63, 3.8) is 0 Å². The van der Waals surface area contributed by atoms with Gasteiger partial charge in [0.2, 0.25) is 0 Å². The molecule has 5 nitrogen and oxygen atoms in total. The molecule has 0 atom stereocenters. The summed E-state index contributed by atoms with van der Waals surface area (Å²) in [7, 11) is 0. The molecular formula is C24H18ClNO4. The number of nitrogens with one attached hydrogen (secondary N) is 1. The van der Waals surface area contributed by atoms with Crippen molar-refractivity contribution >= 4 is 34.2 Å². The summed E-state index contributed by atoms with van der Waals surface area (Å²) in [6.45, 7) is 1.76. The third-order valence-corrected chi connectivity index (χ3v) is 4.94. The average molecular weight is 420 g/mol. The summed E-state index contributed by atoms with van der Waals surface area (Å²) < 4.78 is 11.2. The van der Waals surface area contributed by atoms with Crippen molar-refractivity contribution in [2.24, 2.45) is 0 Å². The van der Waals surface area contributed by atoms with Crippen molar-refractivity contribution in [2.75, 3.05) is 11.9 Å². The van der Waals surface area contributed by atoms with E-state index in [1.807, 2.05) is 31.2 Å². The Kier molecular flexibility index (Phi) is 5.55. The van der Waals surface area contributed by atoms with Crippen molar-refractivity contribution in [3.8, 4) is 16.9 Å². The van der Waals surface area contributed by atoms with Crippen molar-refractivity contribution in [1.29, 1.82) is 0 Å². The Morgan fingerprint density at radius 2 is 1.83 bits per heavy atom. The van der Waals surface area contributed by atoms with Gasteiger partial charge in [-0.25, -0.2) is 0 Å². The molecule has 150 valence electrons. The lowest BCUT2D eigenvalue weighted by atomic mass is 10.1. The lowest BCUT2D eigenvalue weighted by Gasteiger charge is -2.10. The average Bonchev–Trinajstić information content (AvgIpc) is 2.75. The Bertz CT molecular complexity index is 1280. The number of benzene rings is 3. The highest BCUT2D eigenvalue weighted by atomic mass is 35.5. The Morgan fingerprint density at radius 1 is 1.07 bits per heavy atom. The van der Waals surface area contributed by atoms with Crippen LogP contribution in [0.3, 0.4) is 0 Å². The summed E-state index contributed by atoms with van der Waals surface area (Å²) in [5.41, 5.74) is 3.12. The van der Waals surface area contributed by atoms with E-state index in [1.54, 1.807) is 42.5 Å². The van der Waals surface area contributed by atoms with E-state index in [-0.39, 0.29) is 17.9 Å². The number of para-hydroxylation sites is 1. The van der Waals surface area contributed by atoms with Gasteiger partial charge in [0.1, 0.15) is 17.6 Å². The zero-order valence-electron chi connectivity index (χ0n) is 16.1. The van der Waals surface area contributed by atoms with Gasteiger partial charge in [-0.05, 0) is 48.4 Å². The molecular weight excluding hydrogens is 402 g/mol. The third-order valence-electron chi connectivity index (χ3n) is 4.69. The summed E-state index contributed by atoms with van der Waals surface area (Å²) in [4.78, 5) is 25.0. The molecule has 1 N–H and O–H groups in total. The Labute approximate surface area is 177 Å². The fourth-order valence-electron chi connectivity index (χ4n) is 3.08. The van der Waals surface area contributed by atoms with Crippen molar-refractivity contribution in [2.45, 2.75) is 6.92 Å². The topological polar surface area (TPSA) is 68.5 Å². The molecule has 0 aliphatic rings. The van der Waals surface area contributed by atoms with Crippen LogP contribution in [0.1, 0.15) is 5.56 Å². The van der Waals surface area contributed by atoms with Crippen LogP contribution >= 0.6 is 11.6 Å². The van der Waals surface area contributed by atoms with Crippen LogP contribution in [0, 0.1) is 6.92 Å². The van der Waals surface area contributed by atoms with Crippen LogP contribution in [0.25, 0.3) is 22.1 Å². The minimum Gasteiger partial charge on any atom is -0.484 e. The highest BCUT2D eigenvalue weighted by molar-refractivity contribution is 6.30. The van der Waals surface area contributed by atoms with E-state index in [9.17, 15) is 9.59 Å². The van der Waals surface area contributed by atoms with Gasteiger partial charge in [0, 0.05) is 16.8 Å². The van der Waals surface area contributed by atoms with Crippen LogP contribution < -0.4 is 15.5 Å². The molecule has 0 aliphatic heterocycles. The maximum atomic E-state index is 12.8. The second-order valence-corrected chi connectivity index (χ2v) is 7.23. The number of hydrogen-bond acceptors (Lipinski definition) is 4. The summed E-state index contributed by atoms with van der Waals surface area (Å²) in [6.07, 6.45) is 1.42. The molecule has 1 amide bonds. The van der Waals surface area contributed by atoms with E-state index >= 15 is 0 Å². The predicted molar refractivity (Wildman–Crippen MR) is 118 cm³/mol. The molecule has 0 saturated heterocycles. The Morgan fingerprint density at radius 3 is 2.60 bits per heavy atom. The van der Waals surface area contributed by atoms with Gasteiger partial charge in [0.05, 0.1) is 10.9 Å². The van der Waals surface area contributed by atoms with E-state index in [2.05, 4.69) is 5.32 Å². The highest BCUT2D eigenvalue weighted by Gasteiger charge is 2.11. The molecule has 0 saturated carbocycles. The lowest BCUT2D eigenvalue weighted by Crippen LogP contribution is -2.20. The zero-order chi connectivity index (χ0) is 21.1. The second kappa shape index (κ2) is 8.43. The van der Waals surface area contributed by atoms with Gasteiger partial charge in [-0.1, -0.05) is 41.9 Å². The van der Waals surface area contributed by atoms with Crippen LogP contribution in [-0.2, 0) is 4.79 Å². The van der Waals surface area contributed by atoms with Crippen molar-refractivity contribution in [3.05, 3.63) is 93.8 Å². The molecule has 30 heavy (non-hydrogen) atoms. The number of carbonyl (C=O) groups excluding carboxylic acids is 1. The van der Waals surface area contributed by atoms with Crippen LogP contribution in [0.15, 0.2) is 82.2 Å². The number of halogens is 1. The molecule has 0 radical (unpaired) electrons. The smallest absolute Gasteiger partial charge is 0.262 e. The van der Waals surface area contributed by atoms with Crippen molar-refractivity contribution in [1.82, 2.24) is 0 Å². The van der Waals surface area contributed by atoms with Crippen LogP contribution in [-0.4, -0.2) is 12.5 Å². The molecule has 0 fully saturated rings. The van der Waals surface area contributed by atoms with Gasteiger partial charge >= 0.3 is 0 Å². The maximum Gasteiger partial charge on any atom is 0.262 e. The standard InChI is InChI=1S/C24H18ClNO4/c1-15-4-2-3-5-21(15)26-23(27)14-29-18-10-11-19-22(12-18)30-13-20(24(19)28)16-6-8-17(25)9-7-16/h2-13H,14H2,1H3,(H,26,27). The van der Waals surface area contributed by atoms with E-state index in [4.69, 9.17) is 20.8 Å². The molecule has 4 aromatic rings. The monoisotopic (exact) mass is 419 g/mol. The SMILES string of the molecule is Cc1ccccc1NC(=O)COc1ccc2c(=O)c(-c3ccc(Cl)cc3)coc2c1. The number of amides is 1. The first-order valence-corrected chi connectivity index (χ1v) is 9.69. The number of hydrogen-bond donors (Lipinski definition) is 1. The predicted octanol–water partition coefficient (Wildman–Crippen LogP) is 5.44. The van der Waals surface area contributed by atoms with Crippen LogP contribution in [0.4, 0.5) is 5.69 Å². The quantitative estimate of drug-likeness (QED) is 0.467. The first-order valence-electron chi connectivity index (χ1n) is 9.31. The number of anilines is 1. The lowest BCUT2D eigenvalue weighted by molar-refractivity contribution is -0.118. The van der Waals surface area contributed by atoms with Crippen LogP contribution in [0.2, 0.25) is 5.02 Å². The van der Waals surface area contributed by atoms with Gasteiger partial charge in [-0.15, -0.1) is 0 Å². The maximum absolute atomic E-state index is 12.8. The normalized spacial score (nSPS) is 10.7. The first kappa shape index (κ1) is 19.7. The fourth-order valence-corrected chi connectivity index (χ4v) is 3.20. The van der Waals surface area contributed by atoms with Gasteiger partial charge in [-0.2, -0.15) is 0 Å². The Balaban J connectivity index is 1.50. The highest BCUT2D eigenvalue weighted by Crippen LogP contribution is 2.24. The molecule has 0 aliphatic carbocycles. The Hall–Kier alpha value is -3.57. The molecule has 0 bridgehead atoms. The van der Waals surface area contributed by atoms with Gasteiger partial charge in [-0.3, -0.25) is 9.59 Å². The minimum atomic E-state index is -0.274. The molecule has 6 heteroatoms. The van der Waals surface area contributed by atoms with E-state index < -0.39 is 0 Å². The number of rotatable bonds is 5. The second-order valence-electron chi connectivity index (χ2n) is 6.80. The number of ether oxygens (including phenoxy) is 1. The van der Waals surface area contributed by atoms with Gasteiger partial charge in [0.25, 0.3) is 5.91 Å². The minimum absolute atomic E-state index is 0.151. The number of carbonyl (C=O) groups is 1. The molecule has 4 rings (SSSR count). The number of fused-ring (bicyclic) bond motifs is 1. The largest absolute Gasteiger partial charge is 0.484 e. The zero-order valence-corrected chi connectivity index (χ0v) is 16.9. The fraction of sp³-hybridized carbons (Fsp3) is 0.0833. The summed E-state index contributed by atoms with van der Waals surface area (Å²) >= 11 is 5.91. The summed E-state index contributed by atoms with van der Waals surface area (Å²) in [5.74, 6) is 0.161. The van der Waals surface area contributed by atoms with Crippen molar-refractivity contribution < 1.29 is 13.9 Å². The summed E-state index contributed by atoms with van der Waals surface area (Å²) in [5, 5.41) is 3.83. The first-order chi connectivity index (χ1) is 14.5. The number of aryl methyl sites for hydroxylation is 1.